The molecule has 2 rings (SSSR count). The van der Waals surface area contributed by atoms with E-state index in [4.69, 9.17) is 5.73 Å². The number of primary amides is 1. The van der Waals surface area contributed by atoms with E-state index in [1.165, 1.54) is 22.7 Å². The third-order valence-electron chi connectivity index (χ3n) is 1.62. The fourth-order valence-corrected chi connectivity index (χ4v) is 3.42. The minimum Gasteiger partial charge on any atom is -0.365 e. The first kappa shape index (κ1) is 11.3. The van der Waals surface area contributed by atoms with Crippen LogP contribution in [0.5, 0.6) is 0 Å². The highest BCUT2D eigenvalue weighted by Gasteiger charge is 2.13. The van der Waals surface area contributed by atoms with Gasteiger partial charge in [0.1, 0.15) is 0 Å². The number of aromatic nitrogens is 1. The molecular weight excluding hydrogens is 264 g/mol. The maximum Gasteiger partial charge on any atom is 0.258 e. The SMILES string of the molecule is NC(=O)c1ccc(SC(=O)c2nccs2)s1. The number of nitrogens with two attached hydrogens (primary N) is 1. The maximum atomic E-state index is 11.7. The molecule has 0 saturated heterocycles. The Morgan fingerprint density at radius 1 is 1.38 bits per heavy atom. The summed E-state index contributed by atoms with van der Waals surface area (Å²) in [5.41, 5.74) is 5.12. The quantitative estimate of drug-likeness (QED) is 0.868. The van der Waals surface area contributed by atoms with Gasteiger partial charge >= 0.3 is 0 Å². The second-order valence-corrected chi connectivity index (χ2v) is 5.96. The van der Waals surface area contributed by atoms with Crippen molar-refractivity contribution in [3.8, 4) is 0 Å². The lowest BCUT2D eigenvalue weighted by molar-refractivity contribution is 0.100. The lowest BCUT2D eigenvalue weighted by Gasteiger charge is -1.92. The number of carbonyl (C=O) groups excluding carboxylic acids is 2. The van der Waals surface area contributed by atoms with E-state index in [1.807, 2.05) is 0 Å². The van der Waals surface area contributed by atoms with Crippen molar-refractivity contribution in [2.75, 3.05) is 0 Å². The summed E-state index contributed by atoms with van der Waals surface area (Å²) in [4.78, 5) is 26.9. The first-order valence-corrected chi connectivity index (χ1v) is 6.69. The summed E-state index contributed by atoms with van der Waals surface area (Å²) in [6.45, 7) is 0. The molecule has 0 fully saturated rings. The molecule has 2 heterocycles. The van der Waals surface area contributed by atoms with Crippen LogP contribution in [-0.4, -0.2) is 16.0 Å². The monoisotopic (exact) mass is 270 g/mol. The van der Waals surface area contributed by atoms with Crippen LogP contribution >= 0.6 is 34.4 Å². The molecule has 0 saturated carbocycles. The average Bonchev–Trinajstić information content (AvgIpc) is 2.87. The van der Waals surface area contributed by atoms with Gasteiger partial charge in [0, 0.05) is 11.6 Å². The molecule has 16 heavy (non-hydrogen) atoms. The molecule has 0 aliphatic heterocycles. The molecule has 82 valence electrons. The molecule has 1 amide bonds. The standard InChI is InChI=1S/C9H6N2O2S3/c10-7(12)5-1-2-6(15-5)16-9(13)8-11-3-4-14-8/h1-4H,(H2,10,12). The predicted molar refractivity (Wildman–Crippen MR) is 65.1 cm³/mol. The molecule has 2 aromatic heterocycles. The summed E-state index contributed by atoms with van der Waals surface area (Å²) < 4.78 is 0.744. The number of nitrogens with zero attached hydrogens (tertiary/aromatic N) is 1. The van der Waals surface area contributed by atoms with Crippen molar-refractivity contribution in [1.29, 1.82) is 0 Å². The largest absolute Gasteiger partial charge is 0.365 e. The van der Waals surface area contributed by atoms with Crippen molar-refractivity contribution in [3.63, 3.8) is 0 Å². The summed E-state index contributed by atoms with van der Waals surface area (Å²) in [5.74, 6) is -0.474. The van der Waals surface area contributed by atoms with Gasteiger partial charge in [-0.3, -0.25) is 9.59 Å². The second-order valence-electron chi connectivity index (χ2n) is 2.71. The van der Waals surface area contributed by atoms with Crippen LogP contribution in [-0.2, 0) is 0 Å². The minimum atomic E-state index is -0.474. The van der Waals surface area contributed by atoms with E-state index in [9.17, 15) is 9.59 Å². The van der Waals surface area contributed by atoms with Gasteiger partial charge in [-0.15, -0.1) is 22.7 Å². The van der Waals surface area contributed by atoms with Gasteiger partial charge in [-0.2, -0.15) is 0 Å². The zero-order valence-corrected chi connectivity index (χ0v) is 10.3. The summed E-state index contributed by atoms with van der Waals surface area (Å²) in [6, 6.07) is 3.32. The van der Waals surface area contributed by atoms with Crippen molar-refractivity contribution in [3.05, 3.63) is 33.6 Å². The number of amides is 1. The molecule has 0 radical (unpaired) electrons. The van der Waals surface area contributed by atoms with Crippen LogP contribution in [0.2, 0.25) is 0 Å². The number of thiazole rings is 1. The third-order valence-corrected chi connectivity index (χ3v) is 4.64. The highest BCUT2D eigenvalue weighted by atomic mass is 32.2. The fraction of sp³-hybridized carbons (Fsp3) is 0. The van der Waals surface area contributed by atoms with Crippen LogP contribution in [0.3, 0.4) is 0 Å². The number of rotatable bonds is 3. The molecule has 7 heteroatoms. The molecule has 0 aliphatic rings. The minimum absolute atomic E-state index is 0.118. The van der Waals surface area contributed by atoms with Crippen LogP contribution in [0.1, 0.15) is 19.5 Å². The summed E-state index contributed by atoms with van der Waals surface area (Å²) in [7, 11) is 0. The van der Waals surface area contributed by atoms with Gasteiger partial charge in [-0.05, 0) is 23.9 Å². The number of hydrogen-bond acceptors (Lipinski definition) is 6. The Bertz CT molecular complexity index is 519. The predicted octanol–water partition coefficient (Wildman–Crippen LogP) is 2.24. The maximum absolute atomic E-state index is 11.7. The summed E-state index contributed by atoms with van der Waals surface area (Å²) in [5, 5.41) is 2.09. The molecular formula is C9H6N2O2S3. The summed E-state index contributed by atoms with van der Waals surface area (Å²) >= 11 is 3.57. The smallest absolute Gasteiger partial charge is 0.258 e. The van der Waals surface area contributed by atoms with Gasteiger partial charge in [-0.1, -0.05) is 0 Å². The molecule has 0 spiro atoms. The lowest BCUT2D eigenvalue weighted by atomic mass is 10.5. The van der Waals surface area contributed by atoms with E-state index in [0.717, 1.165) is 16.0 Å². The van der Waals surface area contributed by atoms with Crippen molar-refractivity contribution < 1.29 is 9.59 Å². The van der Waals surface area contributed by atoms with Gasteiger partial charge < -0.3 is 5.73 Å². The zero-order valence-electron chi connectivity index (χ0n) is 7.88. The normalized spacial score (nSPS) is 10.2. The Balaban J connectivity index is 2.09. The number of thiophene rings is 1. The second kappa shape index (κ2) is 4.77. The molecule has 0 bridgehead atoms. The van der Waals surface area contributed by atoms with E-state index in [2.05, 4.69) is 4.98 Å². The van der Waals surface area contributed by atoms with E-state index in [1.54, 1.807) is 23.7 Å². The molecule has 0 aromatic carbocycles. The van der Waals surface area contributed by atoms with Crippen molar-refractivity contribution >= 4 is 45.5 Å². The highest BCUT2D eigenvalue weighted by molar-refractivity contribution is 8.15. The Morgan fingerprint density at radius 2 is 2.19 bits per heavy atom. The molecule has 4 nitrogen and oxygen atoms in total. The van der Waals surface area contributed by atoms with Crippen LogP contribution in [0.15, 0.2) is 27.9 Å². The third kappa shape index (κ3) is 2.49. The van der Waals surface area contributed by atoms with Crippen LogP contribution in [0, 0.1) is 0 Å². The van der Waals surface area contributed by atoms with Crippen molar-refractivity contribution in [2.24, 2.45) is 5.73 Å². The Labute approximate surface area is 104 Å². The van der Waals surface area contributed by atoms with E-state index >= 15 is 0 Å². The lowest BCUT2D eigenvalue weighted by Crippen LogP contribution is -2.07. The van der Waals surface area contributed by atoms with Gasteiger partial charge in [0.05, 0.1) is 9.09 Å². The average molecular weight is 270 g/mol. The Morgan fingerprint density at radius 3 is 2.75 bits per heavy atom. The Kier molecular flexibility index (Phi) is 3.37. The van der Waals surface area contributed by atoms with Crippen LogP contribution in [0.25, 0.3) is 0 Å². The van der Waals surface area contributed by atoms with Crippen LogP contribution in [0.4, 0.5) is 0 Å². The van der Waals surface area contributed by atoms with E-state index in [0.29, 0.717) is 9.88 Å². The highest BCUT2D eigenvalue weighted by Crippen LogP contribution is 2.30. The van der Waals surface area contributed by atoms with Gasteiger partial charge in [-0.25, -0.2) is 4.98 Å². The number of carbonyl (C=O) groups is 2. The molecule has 0 aliphatic carbocycles. The van der Waals surface area contributed by atoms with E-state index in [-0.39, 0.29) is 5.12 Å². The molecule has 2 N–H and O–H groups in total. The van der Waals surface area contributed by atoms with E-state index < -0.39 is 5.91 Å². The first-order valence-electron chi connectivity index (χ1n) is 4.18. The molecule has 0 unspecified atom stereocenters. The van der Waals surface area contributed by atoms with Gasteiger partial charge in [0.2, 0.25) is 0 Å². The zero-order chi connectivity index (χ0) is 11.5. The number of hydrogen-bond donors (Lipinski definition) is 1. The molecule has 0 atom stereocenters. The number of thioether (sulfide) groups is 1. The molecule has 2 aromatic rings. The van der Waals surface area contributed by atoms with Gasteiger partial charge in [0.15, 0.2) is 5.01 Å². The fourth-order valence-electron chi connectivity index (χ4n) is 0.967. The summed E-state index contributed by atoms with van der Waals surface area (Å²) in [6.07, 6.45) is 1.59. The topological polar surface area (TPSA) is 73.1 Å². The van der Waals surface area contributed by atoms with Gasteiger partial charge in [0.25, 0.3) is 11.0 Å². The van der Waals surface area contributed by atoms with Crippen molar-refractivity contribution in [2.45, 2.75) is 4.21 Å². The Hall–Kier alpha value is -1.18. The van der Waals surface area contributed by atoms with Crippen molar-refractivity contribution in [1.82, 2.24) is 4.98 Å². The van der Waals surface area contributed by atoms with Crippen LogP contribution < -0.4 is 5.73 Å². The first-order chi connectivity index (χ1) is 7.66.